The van der Waals surface area contributed by atoms with Crippen molar-refractivity contribution >= 4 is 12.1 Å². The zero-order chi connectivity index (χ0) is 27.4. The molecule has 0 unspecified atom stereocenters. The van der Waals surface area contributed by atoms with Gasteiger partial charge in [-0.15, -0.1) is 12.2 Å². The van der Waals surface area contributed by atoms with E-state index in [-0.39, 0.29) is 13.2 Å². The monoisotopic (exact) mass is 515 g/mol. The second-order valence-electron chi connectivity index (χ2n) is 9.56. The molecule has 0 bridgehead atoms. The molecule has 1 aliphatic rings. The van der Waals surface area contributed by atoms with Gasteiger partial charge in [-0.3, -0.25) is 4.90 Å². The number of terminal acetylenes is 1. The van der Waals surface area contributed by atoms with E-state index in [1.54, 1.807) is 23.1 Å². The summed E-state index contributed by atoms with van der Waals surface area (Å²) in [6.45, 7) is 7.44. The number of nitrogens with zero attached hydrogens (tertiary/aromatic N) is 1. The van der Waals surface area contributed by atoms with Crippen LogP contribution < -0.4 is 4.74 Å². The van der Waals surface area contributed by atoms with Gasteiger partial charge in [0.1, 0.15) is 36.7 Å². The molecule has 0 atom stereocenters. The minimum atomic E-state index is -0.624. The number of amides is 1. The maximum Gasteiger partial charge on any atom is 0.410 e. The molecule has 7 heteroatoms. The molecule has 7 nitrogen and oxygen atoms in total. The van der Waals surface area contributed by atoms with E-state index in [2.05, 4.69) is 11.7 Å². The second kappa shape index (κ2) is 13.9. The van der Waals surface area contributed by atoms with Crippen molar-refractivity contribution < 1.29 is 28.5 Å². The topological polar surface area (TPSA) is 74.3 Å². The number of carbonyl (C=O) groups excluding carboxylic acids is 2. The van der Waals surface area contributed by atoms with Crippen LogP contribution in [0.5, 0.6) is 5.75 Å². The highest BCUT2D eigenvalue weighted by atomic mass is 16.6. The van der Waals surface area contributed by atoms with Crippen LogP contribution in [-0.2, 0) is 38.7 Å². The standard InChI is InChI=1S/C31H33NO6/c1-5-18-35-19-20-36-28-16-14-25(15-17-28)22-32(30(34)38-31(2,3)4)21-24-10-12-26(13-11-24)23-37-29(33)27-8-6-7-9-27/h1,6-8,10-17H,18-23H2,2-4H3. The van der Waals surface area contributed by atoms with Crippen molar-refractivity contribution in [2.75, 3.05) is 19.8 Å². The van der Waals surface area contributed by atoms with Gasteiger partial charge in [-0.25, -0.2) is 9.59 Å². The summed E-state index contributed by atoms with van der Waals surface area (Å²) in [4.78, 5) is 26.7. The first kappa shape index (κ1) is 28.3. The predicted molar refractivity (Wildman–Crippen MR) is 144 cm³/mol. The summed E-state index contributed by atoms with van der Waals surface area (Å²) in [5.41, 5.74) is 5.30. The van der Waals surface area contributed by atoms with E-state index in [0.29, 0.717) is 37.6 Å². The lowest BCUT2D eigenvalue weighted by atomic mass is 10.1. The Kier molecular flexibility index (Phi) is 10.4. The number of ether oxygens (including phenoxy) is 4. The Morgan fingerprint density at radius 3 is 2.16 bits per heavy atom. The normalized spacial score (nSPS) is 12.0. The van der Waals surface area contributed by atoms with Crippen molar-refractivity contribution in [3.63, 3.8) is 0 Å². The van der Waals surface area contributed by atoms with Crippen LogP contribution in [-0.4, -0.2) is 42.4 Å². The number of rotatable bonds is 12. The van der Waals surface area contributed by atoms with Crippen molar-refractivity contribution in [1.29, 1.82) is 0 Å². The van der Waals surface area contributed by atoms with Crippen LogP contribution in [0, 0.1) is 12.3 Å². The maximum absolute atomic E-state index is 13.0. The van der Waals surface area contributed by atoms with Crippen LogP contribution in [0.25, 0.3) is 0 Å². The van der Waals surface area contributed by atoms with Gasteiger partial charge < -0.3 is 18.9 Å². The molecule has 0 fully saturated rings. The predicted octanol–water partition coefficient (Wildman–Crippen LogP) is 5.35. The number of carbonyl (C=O) groups is 2. The van der Waals surface area contributed by atoms with E-state index in [1.807, 2.05) is 69.3 Å². The number of hydrogen-bond donors (Lipinski definition) is 0. The number of esters is 1. The van der Waals surface area contributed by atoms with Gasteiger partial charge in [0.25, 0.3) is 0 Å². The fraction of sp³-hybridized carbons (Fsp3) is 0.323. The Morgan fingerprint density at radius 2 is 1.58 bits per heavy atom. The first-order valence-corrected chi connectivity index (χ1v) is 12.3. The average Bonchev–Trinajstić information content (AvgIpc) is 3.43. The van der Waals surface area contributed by atoms with Crippen molar-refractivity contribution in [2.24, 2.45) is 0 Å². The van der Waals surface area contributed by atoms with Crippen molar-refractivity contribution in [1.82, 2.24) is 4.90 Å². The van der Waals surface area contributed by atoms with E-state index < -0.39 is 17.7 Å². The molecule has 0 saturated carbocycles. The summed E-state index contributed by atoms with van der Waals surface area (Å²) in [5.74, 6) is 2.70. The number of allylic oxidation sites excluding steroid dienone is 1. The van der Waals surface area contributed by atoms with E-state index in [1.165, 1.54) is 0 Å². The molecule has 3 rings (SSSR count). The van der Waals surface area contributed by atoms with Gasteiger partial charge in [0, 0.05) is 13.1 Å². The zero-order valence-electron chi connectivity index (χ0n) is 22.1. The minimum Gasteiger partial charge on any atom is -0.491 e. The highest BCUT2D eigenvalue weighted by molar-refractivity contribution is 5.92. The largest absolute Gasteiger partial charge is 0.491 e. The van der Waals surface area contributed by atoms with Crippen LogP contribution in [0.2, 0.25) is 0 Å². The SMILES string of the molecule is C#CCOCCOc1ccc(CN(Cc2ccc(COC(=O)C3=C=CC=C3)cc2)C(=O)OC(C)(C)C)cc1. The third kappa shape index (κ3) is 9.67. The molecule has 1 amide bonds. The van der Waals surface area contributed by atoms with Crippen LogP contribution >= 0.6 is 0 Å². The average molecular weight is 516 g/mol. The van der Waals surface area contributed by atoms with E-state index in [4.69, 9.17) is 25.4 Å². The Hall–Kier alpha value is -4.24. The fourth-order valence-corrected chi connectivity index (χ4v) is 3.42. The molecular weight excluding hydrogens is 482 g/mol. The molecule has 0 aliphatic heterocycles. The Bertz CT molecular complexity index is 1220. The van der Waals surface area contributed by atoms with Gasteiger partial charge in [0.15, 0.2) is 0 Å². The van der Waals surface area contributed by atoms with Crippen LogP contribution in [0.4, 0.5) is 4.79 Å². The Labute approximate surface area is 224 Å². The smallest absolute Gasteiger partial charge is 0.410 e. The highest BCUT2D eigenvalue weighted by Gasteiger charge is 2.23. The Morgan fingerprint density at radius 1 is 0.947 bits per heavy atom. The summed E-state index contributed by atoms with van der Waals surface area (Å²) >= 11 is 0. The molecule has 0 spiro atoms. The summed E-state index contributed by atoms with van der Waals surface area (Å²) in [7, 11) is 0. The number of benzene rings is 2. The fourth-order valence-electron chi connectivity index (χ4n) is 3.42. The molecule has 0 saturated heterocycles. The third-order valence-corrected chi connectivity index (χ3v) is 5.21. The molecule has 2 aromatic rings. The van der Waals surface area contributed by atoms with Crippen molar-refractivity contribution in [2.45, 2.75) is 46.1 Å². The molecule has 1 aliphatic carbocycles. The molecule has 0 radical (unpaired) electrons. The van der Waals surface area contributed by atoms with Gasteiger partial charge in [0.2, 0.25) is 0 Å². The van der Waals surface area contributed by atoms with Crippen LogP contribution in [0.1, 0.15) is 37.5 Å². The first-order chi connectivity index (χ1) is 18.2. The van der Waals surface area contributed by atoms with E-state index in [0.717, 1.165) is 16.7 Å². The molecule has 0 N–H and O–H groups in total. The summed E-state index contributed by atoms with van der Waals surface area (Å²) in [6.07, 6.45) is 9.82. The summed E-state index contributed by atoms with van der Waals surface area (Å²) in [5, 5.41) is 0. The van der Waals surface area contributed by atoms with Crippen molar-refractivity contribution in [3.05, 3.63) is 94.8 Å². The first-order valence-electron chi connectivity index (χ1n) is 12.3. The zero-order valence-corrected chi connectivity index (χ0v) is 22.1. The summed E-state index contributed by atoms with van der Waals surface area (Å²) < 4.78 is 21.9. The maximum atomic E-state index is 13.0. The van der Waals surface area contributed by atoms with Crippen LogP contribution in [0.3, 0.4) is 0 Å². The van der Waals surface area contributed by atoms with E-state index in [9.17, 15) is 9.59 Å². The quantitative estimate of drug-likeness (QED) is 0.164. The van der Waals surface area contributed by atoms with Gasteiger partial charge in [-0.1, -0.05) is 48.4 Å². The van der Waals surface area contributed by atoms with Crippen molar-refractivity contribution in [3.8, 4) is 18.1 Å². The lowest BCUT2D eigenvalue weighted by Gasteiger charge is -2.27. The molecule has 0 aromatic heterocycles. The molecular formula is C31H33NO6. The third-order valence-electron chi connectivity index (χ3n) is 5.21. The minimum absolute atomic E-state index is 0.151. The lowest BCUT2D eigenvalue weighted by Crippen LogP contribution is -2.36. The molecule has 198 valence electrons. The van der Waals surface area contributed by atoms with E-state index >= 15 is 0 Å². The molecule has 38 heavy (non-hydrogen) atoms. The summed E-state index contributed by atoms with van der Waals surface area (Å²) in [6, 6.07) is 15.1. The second-order valence-corrected chi connectivity index (χ2v) is 9.56. The van der Waals surface area contributed by atoms with Gasteiger partial charge >= 0.3 is 12.1 Å². The van der Waals surface area contributed by atoms with Crippen LogP contribution in [0.15, 0.2) is 78.1 Å². The highest BCUT2D eigenvalue weighted by Crippen LogP contribution is 2.19. The van der Waals surface area contributed by atoms with Gasteiger partial charge in [-0.2, -0.15) is 0 Å². The Balaban J connectivity index is 1.60. The lowest BCUT2D eigenvalue weighted by molar-refractivity contribution is -0.139. The van der Waals surface area contributed by atoms with Gasteiger partial charge in [-0.05, 0) is 61.7 Å². The van der Waals surface area contributed by atoms with Gasteiger partial charge in [0.05, 0.1) is 6.61 Å². The molecule has 2 aromatic carbocycles. The molecule has 0 heterocycles. The number of hydrogen-bond acceptors (Lipinski definition) is 6.